The molecule has 0 N–H and O–H groups in total. The highest BCUT2D eigenvalue weighted by Crippen LogP contribution is 2.45. The van der Waals surface area contributed by atoms with Gasteiger partial charge in [-0.3, -0.25) is 0 Å². The van der Waals surface area contributed by atoms with Gasteiger partial charge in [0.15, 0.2) is 0 Å². The van der Waals surface area contributed by atoms with Crippen LogP contribution in [0.15, 0.2) is 15.9 Å². The van der Waals surface area contributed by atoms with Crippen molar-refractivity contribution in [1.82, 2.24) is 0 Å². The molecule has 3 heteroatoms. The van der Waals surface area contributed by atoms with E-state index in [1.165, 1.54) is 4.88 Å². The molecule has 1 aromatic rings. The standard InChI is InChI=1S/C10H14BrClS/c1-4-10(2,3)9(12)8-7(11)5-6-13-8/h5-6,9H,4H2,1-3H3. The molecule has 13 heavy (non-hydrogen) atoms. The van der Waals surface area contributed by atoms with Crippen LogP contribution in [0.25, 0.3) is 0 Å². The van der Waals surface area contributed by atoms with Gasteiger partial charge in [0.1, 0.15) is 0 Å². The van der Waals surface area contributed by atoms with Gasteiger partial charge in [0, 0.05) is 9.35 Å². The van der Waals surface area contributed by atoms with Crippen molar-refractivity contribution in [2.75, 3.05) is 0 Å². The fourth-order valence-corrected chi connectivity index (χ4v) is 3.36. The molecule has 1 rings (SSSR count). The maximum absolute atomic E-state index is 6.43. The first-order valence-corrected chi connectivity index (χ1v) is 6.47. The number of thiophene rings is 1. The Hall–Kier alpha value is 0.470. The predicted octanol–water partition coefficient (Wildman–Crippen LogP) is 5.23. The van der Waals surface area contributed by atoms with E-state index in [1.54, 1.807) is 11.3 Å². The monoisotopic (exact) mass is 280 g/mol. The second kappa shape index (κ2) is 4.33. The van der Waals surface area contributed by atoms with Crippen LogP contribution in [0.1, 0.15) is 37.4 Å². The Morgan fingerprint density at radius 1 is 1.62 bits per heavy atom. The molecule has 1 aromatic heterocycles. The van der Waals surface area contributed by atoms with Crippen LogP contribution in [0, 0.1) is 5.41 Å². The van der Waals surface area contributed by atoms with Gasteiger partial charge < -0.3 is 0 Å². The minimum atomic E-state index is 0.104. The molecule has 0 spiro atoms. The minimum Gasteiger partial charge on any atom is -0.146 e. The molecule has 74 valence electrons. The summed E-state index contributed by atoms with van der Waals surface area (Å²) in [6.45, 7) is 6.59. The highest BCUT2D eigenvalue weighted by atomic mass is 79.9. The van der Waals surface area contributed by atoms with Crippen molar-refractivity contribution in [3.05, 3.63) is 20.8 Å². The summed E-state index contributed by atoms with van der Waals surface area (Å²) in [7, 11) is 0. The van der Waals surface area contributed by atoms with Crippen LogP contribution in [0.4, 0.5) is 0 Å². The molecular formula is C10H14BrClS. The molecule has 1 atom stereocenters. The average Bonchev–Trinajstić information content (AvgIpc) is 2.50. The van der Waals surface area contributed by atoms with Gasteiger partial charge in [-0.1, -0.05) is 20.8 Å². The third kappa shape index (κ3) is 2.48. The third-order valence-corrected chi connectivity index (χ3v) is 5.35. The smallest absolute Gasteiger partial charge is 0.0740 e. The molecule has 0 fully saturated rings. The van der Waals surface area contributed by atoms with Crippen LogP contribution in [-0.4, -0.2) is 0 Å². The van der Waals surface area contributed by atoms with Gasteiger partial charge in [-0.15, -0.1) is 22.9 Å². The first-order chi connectivity index (χ1) is 5.99. The fourth-order valence-electron chi connectivity index (χ4n) is 1.02. The van der Waals surface area contributed by atoms with Gasteiger partial charge >= 0.3 is 0 Å². The molecule has 0 aliphatic carbocycles. The summed E-state index contributed by atoms with van der Waals surface area (Å²) in [5, 5.41) is 2.17. The summed E-state index contributed by atoms with van der Waals surface area (Å²) in [4.78, 5) is 1.24. The van der Waals surface area contributed by atoms with Crippen LogP contribution >= 0.6 is 38.9 Å². The van der Waals surface area contributed by atoms with Crippen molar-refractivity contribution in [3.63, 3.8) is 0 Å². The lowest BCUT2D eigenvalue weighted by molar-refractivity contribution is 0.338. The molecule has 0 radical (unpaired) electrons. The third-order valence-electron chi connectivity index (χ3n) is 2.47. The maximum Gasteiger partial charge on any atom is 0.0740 e. The first-order valence-electron chi connectivity index (χ1n) is 4.36. The summed E-state index contributed by atoms with van der Waals surface area (Å²) >= 11 is 11.7. The van der Waals surface area contributed by atoms with Crippen LogP contribution in [0.2, 0.25) is 0 Å². The lowest BCUT2D eigenvalue weighted by Gasteiger charge is -2.28. The molecule has 0 saturated heterocycles. The van der Waals surface area contributed by atoms with E-state index in [0.29, 0.717) is 0 Å². The second-order valence-electron chi connectivity index (χ2n) is 3.84. The Morgan fingerprint density at radius 3 is 2.62 bits per heavy atom. The Labute approximate surface area is 97.4 Å². The molecule has 0 nitrogen and oxygen atoms in total. The van der Waals surface area contributed by atoms with Gasteiger partial charge in [-0.05, 0) is 39.2 Å². The van der Waals surface area contributed by atoms with Gasteiger partial charge in [0.05, 0.1) is 5.38 Å². The zero-order valence-electron chi connectivity index (χ0n) is 8.10. The molecular weight excluding hydrogens is 268 g/mol. The summed E-state index contributed by atoms with van der Waals surface area (Å²) in [6.07, 6.45) is 1.09. The van der Waals surface area contributed by atoms with E-state index in [1.807, 2.05) is 0 Å². The number of hydrogen-bond donors (Lipinski definition) is 0. The lowest BCUT2D eigenvalue weighted by Crippen LogP contribution is -2.16. The first kappa shape index (κ1) is 11.5. The SMILES string of the molecule is CCC(C)(C)C(Cl)c1sccc1Br. The van der Waals surface area contributed by atoms with E-state index in [9.17, 15) is 0 Å². The van der Waals surface area contributed by atoms with E-state index >= 15 is 0 Å². The Balaban J connectivity index is 2.91. The normalized spacial score (nSPS) is 14.5. The van der Waals surface area contributed by atoms with E-state index < -0.39 is 0 Å². The Bertz CT molecular complexity index is 280. The van der Waals surface area contributed by atoms with E-state index in [2.05, 4.69) is 48.1 Å². The molecule has 0 aromatic carbocycles. The zero-order chi connectivity index (χ0) is 10.1. The second-order valence-corrected chi connectivity index (χ2v) is 6.08. The minimum absolute atomic E-state index is 0.104. The summed E-state index contributed by atoms with van der Waals surface area (Å²) < 4.78 is 1.14. The maximum atomic E-state index is 6.43. The van der Waals surface area contributed by atoms with Crippen molar-refractivity contribution in [2.45, 2.75) is 32.6 Å². The van der Waals surface area contributed by atoms with Crippen LogP contribution < -0.4 is 0 Å². The summed E-state index contributed by atoms with van der Waals surface area (Å²) in [5.41, 5.74) is 0.162. The highest BCUT2D eigenvalue weighted by molar-refractivity contribution is 9.10. The molecule has 1 heterocycles. The Morgan fingerprint density at radius 2 is 2.23 bits per heavy atom. The number of halogens is 2. The average molecular weight is 282 g/mol. The summed E-state index contributed by atoms with van der Waals surface area (Å²) in [6, 6.07) is 2.06. The highest BCUT2D eigenvalue weighted by Gasteiger charge is 2.29. The Kier molecular flexibility index (Phi) is 3.84. The van der Waals surface area contributed by atoms with Gasteiger partial charge in [-0.2, -0.15) is 0 Å². The molecule has 0 saturated carbocycles. The van der Waals surface area contributed by atoms with Gasteiger partial charge in [-0.25, -0.2) is 0 Å². The van der Waals surface area contributed by atoms with Crippen molar-refractivity contribution in [3.8, 4) is 0 Å². The van der Waals surface area contributed by atoms with E-state index in [-0.39, 0.29) is 10.8 Å². The fraction of sp³-hybridized carbons (Fsp3) is 0.600. The van der Waals surface area contributed by atoms with E-state index in [4.69, 9.17) is 11.6 Å². The topological polar surface area (TPSA) is 0 Å². The van der Waals surface area contributed by atoms with Crippen molar-refractivity contribution in [2.24, 2.45) is 5.41 Å². The van der Waals surface area contributed by atoms with Crippen LogP contribution in [0.3, 0.4) is 0 Å². The van der Waals surface area contributed by atoms with Gasteiger partial charge in [0.2, 0.25) is 0 Å². The number of alkyl halides is 1. The van der Waals surface area contributed by atoms with Crippen LogP contribution in [-0.2, 0) is 0 Å². The lowest BCUT2D eigenvalue weighted by atomic mass is 9.85. The van der Waals surface area contributed by atoms with Gasteiger partial charge in [0.25, 0.3) is 0 Å². The van der Waals surface area contributed by atoms with Crippen molar-refractivity contribution in [1.29, 1.82) is 0 Å². The number of hydrogen-bond acceptors (Lipinski definition) is 1. The van der Waals surface area contributed by atoms with Crippen molar-refractivity contribution >= 4 is 38.9 Å². The summed E-state index contributed by atoms with van der Waals surface area (Å²) in [5.74, 6) is 0. The molecule has 0 aliphatic heterocycles. The quantitative estimate of drug-likeness (QED) is 0.666. The van der Waals surface area contributed by atoms with Crippen LogP contribution in [0.5, 0.6) is 0 Å². The molecule has 1 unspecified atom stereocenters. The van der Waals surface area contributed by atoms with Crippen molar-refractivity contribution < 1.29 is 0 Å². The molecule has 0 aliphatic rings. The molecule has 0 bridgehead atoms. The predicted molar refractivity (Wildman–Crippen MR) is 64.7 cm³/mol. The largest absolute Gasteiger partial charge is 0.146 e. The van der Waals surface area contributed by atoms with E-state index in [0.717, 1.165) is 10.9 Å². The number of rotatable bonds is 3. The zero-order valence-corrected chi connectivity index (χ0v) is 11.3. The molecule has 0 amide bonds.